The second kappa shape index (κ2) is 6.44. The van der Waals surface area contributed by atoms with Crippen LogP contribution >= 0.6 is 11.3 Å². The van der Waals surface area contributed by atoms with Crippen molar-refractivity contribution >= 4 is 22.9 Å². The third-order valence-corrected chi connectivity index (χ3v) is 3.85. The molecular weight excluding hydrogens is 280 g/mol. The van der Waals surface area contributed by atoms with Gasteiger partial charge in [0.25, 0.3) is 5.88 Å². The summed E-state index contributed by atoms with van der Waals surface area (Å²) in [4.78, 5) is 24.5. The average Bonchev–Trinajstić information content (AvgIpc) is 3.12. The van der Waals surface area contributed by atoms with Gasteiger partial charge in [0.1, 0.15) is 5.76 Å². The summed E-state index contributed by atoms with van der Waals surface area (Å²) in [5.74, 6) is 0.778. The number of carbonyl (C=O) groups excluding carboxylic acids is 2. The standard InChI is InChI=1S/C13H14N2O4S/c1-18-13-6-8(19-15-13)2-3-9(16)11-4-5-12(20-11)10(17)7-14/h4-6H,2-3,7,14H2,1H3. The van der Waals surface area contributed by atoms with Crippen molar-refractivity contribution in [3.63, 3.8) is 0 Å². The number of methoxy groups -OCH3 is 1. The minimum absolute atomic E-state index is 0.0403. The zero-order valence-electron chi connectivity index (χ0n) is 10.9. The van der Waals surface area contributed by atoms with Gasteiger partial charge in [0, 0.05) is 18.9 Å². The van der Waals surface area contributed by atoms with Gasteiger partial charge in [0.15, 0.2) is 11.6 Å². The topological polar surface area (TPSA) is 95.4 Å². The minimum atomic E-state index is -0.158. The molecule has 20 heavy (non-hydrogen) atoms. The van der Waals surface area contributed by atoms with Gasteiger partial charge in [-0.2, -0.15) is 0 Å². The highest BCUT2D eigenvalue weighted by Crippen LogP contribution is 2.20. The molecule has 2 heterocycles. The van der Waals surface area contributed by atoms with Gasteiger partial charge in [-0.25, -0.2) is 0 Å². The number of ether oxygens (including phenoxy) is 1. The van der Waals surface area contributed by atoms with E-state index in [0.717, 1.165) is 0 Å². The van der Waals surface area contributed by atoms with E-state index in [1.54, 1.807) is 18.2 Å². The van der Waals surface area contributed by atoms with Gasteiger partial charge in [-0.05, 0) is 17.3 Å². The predicted molar refractivity (Wildman–Crippen MR) is 73.4 cm³/mol. The van der Waals surface area contributed by atoms with Crippen molar-refractivity contribution in [3.05, 3.63) is 33.7 Å². The number of thiophene rings is 1. The molecule has 0 bridgehead atoms. The van der Waals surface area contributed by atoms with E-state index in [0.29, 0.717) is 27.8 Å². The maximum atomic E-state index is 12.0. The summed E-state index contributed by atoms with van der Waals surface area (Å²) in [6.45, 7) is -0.0496. The number of hydrogen-bond acceptors (Lipinski definition) is 7. The Kier molecular flexibility index (Phi) is 4.65. The molecule has 106 valence electrons. The largest absolute Gasteiger partial charge is 0.479 e. The van der Waals surface area contributed by atoms with E-state index < -0.39 is 0 Å². The predicted octanol–water partition coefficient (Wildman–Crippen LogP) is 1.70. The summed E-state index contributed by atoms with van der Waals surface area (Å²) in [7, 11) is 1.49. The van der Waals surface area contributed by atoms with Crippen LogP contribution in [0.4, 0.5) is 0 Å². The van der Waals surface area contributed by atoms with Crippen molar-refractivity contribution in [3.8, 4) is 5.88 Å². The van der Waals surface area contributed by atoms with Gasteiger partial charge in [-0.3, -0.25) is 9.59 Å². The Balaban J connectivity index is 1.94. The summed E-state index contributed by atoms with van der Waals surface area (Å²) in [5, 5.41) is 3.66. The number of ketones is 2. The molecule has 0 amide bonds. The monoisotopic (exact) mass is 294 g/mol. The van der Waals surface area contributed by atoms with Gasteiger partial charge in [0.2, 0.25) is 0 Å². The van der Waals surface area contributed by atoms with E-state index in [1.165, 1.54) is 18.4 Å². The molecule has 0 aromatic carbocycles. The molecule has 0 radical (unpaired) electrons. The molecule has 7 heteroatoms. The quantitative estimate of drug-likeness (QED) is 0.781. The second-order valence-electron chi connectivity index (χ2n) is 4.05. The first-order valence-corrected chi connectivity index (χ1v) is 6.81. The van der Waals surface area contributed by atoms with Crippen molar-refractivity contribution in [2.45, 2.75) is 12.8 Å². The number of rotatable bonds is 7. The third kappa shape index (κ3) is 3.31. The molecule has 0 aliphatic rings. The van der Waals surface area contributed by atoms with E-state index in [4.69, 9.17) is 15.0 Å². The number of carbonyl (C=O) groups is 2. The molecule has 0 saturated heterocycles. The maximum absolute atomic E-state index is 12.0. The van der Waals surface area contributed by atoms with Crippen LogP contribution in [0.15, 0.2) is 22.7 Å². The van der Waals surface area contributed by atoms with Crippen molar-refractivity contribution in [1.82, 2.24) is 5.16 Å². The first-order valence-electron chi connectivity index (χ1n) is 6.00. The Morgan fingerprint density at radius 3 is 2.65 bits per heavy atom. The molecule has 0 saturated carbocycles. The fourth-order valence-electron chi connectivity index (χ4n) is 1.61. The van der Waals surface area contributed by atoms with Gasteiger partial charge >= 0.3 is 0 Å². The molecule has 0 fully saturated rings. The lowest BCUT2D eigenvalue weighted by Crippen LogP contribution is -2.11. The molecule has 2 rings (SSSR count). The highest BCUT2D eigenvalue weighted by molar-refractivity contribution is 7.16. The fraction of sp³-hybridized carbons (Fsp3) is 0.308. The van der Waals surface area contributed by atoms with Crippen molar-refractivity contribution in [1.29, 1.82) is 0 Å². The Morgan fingerprint density at radius 1 is 1.35 bits per heavy atom. The first kappa shape index (κ1) is 14.4. The van der Waals surface area contributed by atoms with Crippen molar-refractivity contribution < 1.29 is 18.8 Å². The highest BCUT2D eigenvalue weighted by atomic mass is 32.1. The van der Waals surface area contributed by atoms with Crippen LogP contribution in [-0.2, 0) is 6.42 Å². The van der Waals surface area contributed by atoms with Crippen LogP contribution in [0.2, 0.25) is 0 Å². The SMILES string of the molecule is COc1cc(CCC(=O)c2ccc(C(=O)CN)s2)on1. The number of aromatic nitrogens is 1. The van der Waals surface area contributed by atoms with Crippen molar-refractivity contribution in [2.75, 3.05) is 13.7 Å². The molecule has 0 aliphatic heterocycles. The molecule has 2 N–H and O–H groups in total. The van der Waals surface area contributed by atoms with Crippen LogP contribution in [-0.4, -0.2) is 30.4 Å². The Labute approximate surface area is 119 Å². The Hall–Kier alpha value is -1.99. The molecule has 0 atom stereocenters. The number of nitrogens with two attached hydrogens (primary N) is 1. The van der Waals surface area contributed by atoms with Gasteiger partial charge in [-0.1, -0.05) is 0 Å². The fourth-order valence-corrected chi connectivity index (χ4v) is 2.53. The number of hydrogen-bond donors (Lipinski definition) is 1. The molecule has 0 spiro atoms. The van der Waals surface area contributed by atoms with Crippen LogP contribution in [0, 0.1) is 0 Å². The lowest BCUT2D eigenvalue weighted by atomic mass is 10.1. The van der Waals surface area contributed by atoms with Crippen LogP contribution < -0.4 is 10.5 Å². The summed E-state index contributed by atoms with van der Waals surface area (Å²) >= 11 is 1.17. The van der Waals surface area contributed by atoms with Gasteiger partial charge in [-0.15, -0.1) is 11.3 Å². The summed E-state index contributed by atoms with van der Waals surface area (Å²) < 4.78 is 9.90. The normalized spacial score (nSPS) is 10.5. The maximum Gasteiger partial charge on any atom is 0.254 e. The zero-order valence-corrected chi connectivity index (χ0v) is 11.7. The smallest absolute Gasteiger partial charge is 0.254 e. The molecular formula is C13H14N2O4S. The van der Waals surface area contributed by atoms with Crippen LogP contribution in [0.25, 0.3) is 0 Å². The summed E-state index contributed by atoms with van der Waals surface area (Å²) in [5.41, 5.74) is 5.28. The van der Waals surface area contributed by atoms with Crippen LogP contribution in [0.5, 0.6) is 5.88 Å². The van der Waals surface area contributed by atoms with Gasteiger partial charge in [0.05, 0.1) is 23.4 Å². The Morgan fingerprint density at radius 2 is 2.05 bits per heavy atom. The summed E-state index contributed by atoms with van der Waals surface area (Å²) in [6, 6.07) is 4.92. The summed E-state index contributed by atoms with van der Waals surface area (Å²) in [6.07, 6.45) is 0.725. The Bertz CT molecular complexity index is 617. The number of aryl methyl sites for hydroxylation is 1. The lowest BCUT2D eigenvalue weighted by molar-refractivity contribution is 0.0982. The van der Waals surface area contributed by atoms with Crippen LogP contribution in [0.1, 0.15) is 31.5 Å². The molecule has 2 aromatic rings. The third-order valence-electron chi connectivity index (χ3n) is 2.69. The lowest BCUT2D eigenvalue weighted by Gasteiger charge is -1.95. The molecule has 0 aliphatic carbocycles. The number of Topliss-reactive ketones (excluding diaryl/α,β-unsaturated/α-hetero) is 2. The van der Waals surface area contributed by atoms with E-state index in [-0.39, 0.29) is 24.5 Å². The van der Waals surface area contributed by atoms with E-state index in [9.17, 15) is 9.59 Å². The van der Waals surface area contributed by atoms with E-state index in [1.807, 2.05) is 0 Å². The zero-order chi connectivity index (χ0) is 14.5. The highest BCUT2D eigenvalue weighted by Gasteiger charge is 2.14. The minimum Gasteiger partial charge on any atom is -0.479 e. The van der Waals surface area contributed by atoms with Crippen LogP contribution in [0.3, 0.4) is 0 Å². The van der Waals surface area contributed by atoms with Crippen molar-refractivity contribution in [2.24, 2.45) is 5.73 Å². The molecule has 0 unspecified atom stereocenters. The average molecular weight is 294 g/mol. The van der Waals surface area contributed by atoms with Gasteiger partial charge < -0.3 is 15.0 Å². The number of nitrogens with zero attached hydrogens (tertiary/aromatic N) is 1. The van der Waals surface area contributed by atoms with E-state index >= 15 is 0 Å². The molecule has 2 aromatic heterocycles. The first-order chi connectivity index (χ1) is 9.63. The second-order valence-corrected chi connectivity index (χ2v) is 5.13. The molecule has 6 nitrogen and oxygen atoms in total. The van der Waals surface area contributed by atoms with E-state index in [2.05, 4.69) is 5.16 Å².